The Kier molecular flexibility index (Phi) is 7.00. The van der Waals surface area contributed by atoms with Crippen molar-refractivity contribution in [1.82, 2.24) is 0 Å². The van der Waals surface area contributed by atoms with Crippen LogP contribution in [0, 0.1) is 0 Å². The molecule has 0 unspecified atom stereocenters. The highest BCUT2D eigenvalue weighted by Gasteiger charge is 2.09. The molecule has 0 fully saturated rings. The van der Waals surface area contributed by atoms with Crippen LogP contribution in [0.5, 0.6) is 5.75 Å². The highest BCUT2D eigenvalue weighted by atomic mass is 16.5. The van der Waals surface area contributed by atoms with Crippen LogP contribution in [0.25, 0.3) is 0 Å². The molecule has 0 saturated carbocycles. The molecule has 29 heavy (non-hydrogen) atoms. The lowest BCUT2D eigenvalue weighted by atomic mass is 10.1. The van der Waals surface area contributed by atoms with Crippen LogP contribution in [0.1, 0.15) is 33.2 Å². The second kappa shape index (κ2) is 10.1. The van der Waals surface area contributed by atoms with Gasteiger partial charge in [0, 0.05) is 17.7 Å². The Balaban J connectivity index is 1.51. The predicted molar refractivity (Wildman–Crippen MR) is 112 cm³/mol. The number of nitrogens with one attached hydrogen (secondary N) is 1. The number of hydrogen-bond donors (Lipinski definition) is 1. The highest BCUT2D eigenvalue weighted by molar-refractivity contribution is 6.04. The first kappa shape index (κ1) is 20.1. The van der Waals surface area contributed by atoms with E-state index in [1.54, 1.807) is 55.5 Å². The smallest absolute Gasteiger partial charge is 0.338 e. The zero-order valence-corrected chi connectivity index (χ0v) is 16.3. The molecule has 0 saturated heterocycles. The van der Waals surface area contributed by atoms with E-state index in [2.05, 4.69) is 17.4 Å². The lowest BCUT2D eigenvalue weighted by Gasteiger charge is -2.09. The molecule has 3 aromatic carbocycles. The molecule has 0 spiro atoms. The monoisotopic (exact) mass is 389 g/mol. The number of hydrogen-bond acceptors (Lipinski definition) is 4. The fourth-order valence-corrected chi connectivity index (χ4v) is 2.74. The van der Waals surface area contributed by atoms with Crippen LogP contribution in [0.15, 0.2) is 78.9 Å². The molecule has 0 aliphatic heterocycles. The van der Waals surface area contributed by atoms with Gasteiger partial charge >= 0.3 is 5.97 Å². The summed E-state index contributed by atoms with van der Waals surface area (Å²) in [4.78, 5) is 24.1. The summed E-state index contributed by atoms with van der Waals surface area (Å²) >= 11 is 0. The van der Waals surface area contributed by atoms with Crippen LogP contribution >= 0.6 is 0 Å². The maximum absolute atomic E-state index is 12.4. The minimum atomic E-state index is -0.381. The SMILES string of the molecule is CCOC(=O)c1ccc(NC(=O)c2ccc(OCCc3ccccc3)cc2)cc1. The van der Waals surface area contributed by atoms with Gasteiger partial charge in [0.1, 0.15) is 5.75 Å². The predicted octanol–water partition coefficient (Wildman–Crippen LogP) is 4.74. The summed E-state index contributed by atoms with van der Waals surface area (Å²) in [5.41, 5.74) is 2.79. The second-order valence-corrected chi connectivity index (χ2v) is 6.36. The number of carbonyl (C=O) groups excluding carboxylic acids is 2. The summed E-state index contributed by atoms with van der Waals surface area (Å²) in [6.07, 6.45) is 0.824. The molecule has 5 heteroatoms. The van der Waals surface area contributed by atoms with E-state index in [1.807, 2.05) is 18.2 Å². The Morgan fingerprint density at radius 3 is 2.14 bits per heavy atom. The molecule has 0 aromatic heterocycles. The average molecular weight is 389 g/mol. The fraction of sp³-hybridized carbons (Fsp3) is 0.167. The Morgan fingerprint density at radius 1 is 0.828 bits per heavy atom. The van der Waals surface area contributed by atoms with E-state index >= 15 is 0 Å². The van der Waals surface area contributed by atoms with Crippen molar-refractivity contribution in [2.24, 2.45) is 0 Å². The molecular formula is C24H23NO4. The van der Waals surface area contributed by atoms with Gasteiger partial charge in [-0.25, -0.2) is 4.79 Å². The van der Waals surface area contributed by atoms with Crippen LogP contribution in [0.4, 0.5) is 5.69 Å². The molecule has 0 bridgehead atoms. The molecular weight excluding hydrogens is 366 g/mol. The van der Waals surface area contributed by atoms with Crippen molar-refractivity contribution in [1.29, 1.82) is 0 Å². The third-order valence-electron chi connectivity index (χ3n) is 4.27. The van der Waals surface area contributed by atoms with Crippen molar-refractivity contribution >= 4 is 17.6 Å². The standard InChI is InChI=1S/C24H23NO4/c1-2-28-24(27)20-8-12-21(13-9-20)25-23(26)19-10-14-22(15-11-19)29-17-16-18-6-4-3-5-7-18/h3-15H,2,16-17H2,1H3,(H,25,26). The molecule has 5 nitrogen and oxygen atoms in total. The molecule has 3 rings (SSSR count). The zero-order valence-electron chi connectivity index (χ0n) is 16.3. The largest absolute Gasteiger partial charge is 0.493 e. The summed E-state index contributed by atoms with van der Waals surface area (Å²) in [6, 6.07) is 23.7. The number of anilines is 1. The Hall–Kier alpha value is -3.60. The van der Waals surface area contributed by atoms with Gasteiger partial charge in [-0.15, -0.1) is 0 Å². The van der Waals surface area contributed by atoms with Crippen LogP contribution in [-0.2, 0) is 11.2 Å². The van der Waals surface area contributed by atoms with Gasteiger partial charge in [-0.2, -0.15) is 0 Å². The molecule has 1 amide bonds. The maximum Gasteiger partial charge on any atom is 0.338 e. The van der Waals surface area contributed by atoms with Crippen LogP contribution in [0.2, 0.25) is 0 Å². The number of amides is 1. The normalized spacial score (nSPS) is 10.2. The molecule has 0 aliphatic carbocycles. The van der Waals surface area contributed by atoms with Crippen molar-refractivity contribution < 1.29 is 19.1 Å². The second-order valence-electron chi connectivity index (χ2n) is 6.36. The van der Waals surface area contributed by atoms with E-state index in [-0.39, 0.29) is 11.9 Å². The summed E-state index contributed by atoms with van der Waals surface area (Å²) in [5, 5.41) is 2.81. The van der Waals surface area contributed by atoms with Gasteiger partial charge in [0.25, 0.3) is 5.91 Å². The zero-order chi connectivity index (χ0) is 20.5. The van der Waals surface area contributed by atoms with Gasteiger partial charge < -0.3 is 14.8 Å². The molecule has 0 radical (unpaired) electrons. The van der Waals surface area contributed by atoms with E-state index in [9.17, 15) is 9.59 Å². The molecule has 0 heterocycles. The van der Waals surface area contributed by atoms with Crippen molar-refractivity contribution in [2.45, 2.75) is 13.3 Å². The van der Waals surface area contributed by atoms with E-state index in [0.717, 1.165) is 12.2 Å². The Labute approximate surface area is 170 Å². The van der Waals surface area contributed by atoms with Crippen molar-refractivity contribution in [2.75, 3.05) is 18.5 Å². The van der Waals surface area contributed by atoms with Crippen molar-refractivity contribution in [3.8, 4) is 5.75 Å². The molecule has 0 aliphatic rings. The average Bonchev–Trinajstić information content (AvgIpc) is 2.75. The molecule has 3 aromatic rings. The summed E-state index contributed by atoms with van der Waals surface area (Å²) in [7, 11) is 0. The molecule has 0 atom stereocenters. The van der Waals surface area contributed by atoms with Crippen molar-refractivity contribution in [3.05, 3.63) is 95.6 Å². The summed E-state index contributed by atoms with van der Waals surface area (Å²) in [5.74, 6) is 0.106. The lowest BCUT2D eigenvalue weighted by Crippen LogP contribution is -2.12. The summed E-state index contributed by atoms with van der Waals surface area (Å²) in [6.45, 7) is 2.65. The minimum absolute atomic E-state index is 0.232. The third-order valence-corrected chi connectivity index (χ3v) is 4.27. The number of esters is 1. The highest BCUT2D eigenvalue weighted by Crippen LogP contribution is 2.16. The van der Waals surface area contributed by atoms with Crippen LogP contribution in [-0.4, -0.2) is 25.1 Å². The first-order chi connectivity index (χ1) is 14.2. The Morgan fingerprint density at radius 2 is 1.48 bits per heavy atom. The number of ether oxygens (including phenoxy) is 2. The summed E-state index contributed by atoms with van der Waals surface area (Å²) < 4.78 is 10.7. The number of benzene rings is 3. The van der Waals surface area contributed by atoms with Gasteiger partial charge in [-0.05, 0) is 61.0 Å². The van der Waals surface area contributed by atoms with E-state index in [0.29, 0.717) is 30.0 Å². The number of rotatable bonds is 8. The van der Waals surface area contributed by atoms with E-state index < -0.39 is 0 Å². The maximum atomic E-state index is 12.4. The van der Waals surface area contributed by atoms with Crippen LogP contribution < -0.4 is 10.1 Å². The van der Waals surface area contributed by atoms with Crippen LogP contribution in [0.3, 0.4) is 0 Å². The van der Waals surface area contributed by atoms with Gasteiger partial charge in [0.15, 0.2) is 0 Å². The number of carbonyl (C=O) groups is 2. The van der Waals surface area contributed by atoms with Gasteiger partial charge in [0.05, 0.1) is 18.8 Å². The van der Waals surface area contributed by atoms with E-state index in [1.165, 1.54) is 5.56 Å². The van der Waals surface area contributed by atoms with Gasteiger partial charge in [-0.1, -0.05) is 30.3 Å². The topological polar surface area (TPSA) is 64.6 Å². The Bertz CT molecular complexity index is 935. The third kappa shape index (κ3) is 5.94. The molecule has 148 valence electrons. The quantitative estimate of drug-likeness (QED) is 0.565. The fourth-order valence-electron chi connectivity index (χ4n) is 2.74. The van der Waals surface area contributed by atoms with Gasteiger partial charge in [-0.3, -0.25) is 4.79 Å². The molecule has 1 N–H and O–H groups in total. The lowest BCUT2D eigenvalue weighted by molar-refractivity contribution is 0.0526. The first-order valence-corrected chi connectivity index (χ1v) is 9.51. The van der Waals surface area contributed by atoms with Crippen molar-refractivity contribution in [3.63, 3.8) is 0 Å². The van der Waals surface area contributed by atoms with Gasteiger partial charge in [0.2, 0.25) is 0 Å². The minimum Gasteiger partial charge on any atom is -0.493 e. The first-order valence-electron chi connectivity index (χ1n) is 9.51. The van der Waals surface area contributed by atoms with E-state index in [4.69, 9.17) is 9.47 Å².